The van der Waals surface area contributed by atoms with Crippen LogP contribution < -0.4 is 14.8 Å². The molecule has 154 valence electrons. The number of methoxy groups -OCH3 is 2. The summed E-state index contributed by atoms with van der Waals surface area (Å²) in [6.07, 6.45) is 0. The van der Waals surface area contributed by atoms with Crippen molar-refractivity contribution in [2.45, 2.75) is 13.1 Å². The van der Waals surface area contributed by atoms with Gasteiger partial charge in [-0.15, -0.1) is 0 Å². The lowest BCUT2D eigenvalue weighted by Gasteiger charge is -2.27. The van der Waals surface area contributed by atoms with Crippen LogP contribution in [0, 0.1) is 0 Å². The van der Waals surface area contributed by atoms with Gasteiger partial charge in [0.25, 0.3) is 0 Å². The smallest absolute Gasteiger partial charge is 0.204 e. The first-order valence-corrected chi connectivity index (χ1v) is 9.99. The van der Waals surface area contributed by atoms with Crippen molar-refractivity contribution < 1.29 is 14.2 Å². The maximum atomic E-state index is 5.56. The molecule has 0 unspecified atom stereocenters. The summed E-state index contributed by atoms with van der Waals surface area (Å²) in [6, 6.07) is 14.2. The Hall–Kier alpha value is -2.77. The molecule has 4 rings (SSSR count). The molecule has 0 spiro atoms. The fourth-order valence-electron chi connectivity index (χ4n) is 3.77. The zero-order chi connectivity index (χ0) is 20.1. The number of para-hydroxylation sites is 3. The summed E-state index contributed by atoms with van der Waals surface area (Å²) in [5.74, 6) is 2.34. The molecule has 1 N–H and O–H groups in total. The largest absolute Gasteiger partial charge is 0.493 e. The van der Waals surface area contributed by atoms with Crippen molar-refractivity contribution in [3.63, 3.8) is 0 Å². The second-order valence-corrected chi connectivity index (χ2v) is 7.04. The Bertz CT molecular complexity index is 950. The van der Waals surface area contributed by atoms with Gasteiger partial charge in [-0.2, -0.15) is 0 Å². The van der Waals surface area contributed by atoms with Crippen LogP contribution in [0.1, 0.15) is 5.56 Å². The van der Waals surface area contributed by atoms with Crippen molar-refractivity contribution in [1.82, 2.24) is 14.5 Å². The number of aromatic nitrogens is 2. The van der Waals surface area contributed by atoms with Gasteiger partial charge in [-0.3, -0.25) is 4.90 Å². The average molecular weight is 396 g/mol. The highest BCUT2D eigenvalue weighted by Gasteiger charge is 2.15. The number of imidazole rings is 1. The van der Waals surface area contributed by atoms with Gasteiger partial charge in [-0.05, 0) is 18.2 Å². The minimum atomic E-state index is 0.598. The standard InChI is InChI=1S/C22H28N4O3/c1-27-20-9-5-6-17(21(20)28-2)16-23-22-24-18-7-3-4-8-19(18)26(22)11-10-25-12-14-29-15-13-25/h3-9H,10-16H2,1-2H3,(H,23,24). The SMILES string of the molecule is COc1cccc(CNc2nc3ccccc3n2CCN2CCOCC2)c1OC. The number of nitrogens with one attached hydrogen (secondary N) is 1. The number of fused-ring (bicyclic) bond motifs is 1. The summed E-state index contributed by atoms with van der Waals surface area (Å²) in [5, 5.41) is 3.51. The van der Waals surface area contributed by atoms with Gasteiger partial charge < -0.3 is 24.1 Å². The average Bonchev–Trinajstić information content (AvgIpc) is 3.14. The van der Waals surface area contributed by atoms with Crippen molar-refractivity contribution in [2.75, 3.05) is 52.4 Å². The predicted octanol–water partition coefficient (Wildman–Crippen LogP) is 3.00. The summed E-state index contributed by atoms with van der Waals surface area (Å²) in [6.45, 7) is 6.03. The molecular weight excluding hydrogens is 368 g/mol. The first-order valence-electron chi connectivity index (χ1n) is 9.99. The molecule has 0 aliphatic carbocycles. The number of hydrogen-bond donors (Lipinski definition) is 1. The van der Waals surface area contributed by atoms with Crippen LogP contribution in [0.5, 0.6) is 11.5 Å². The Morgan fingerprint density at radius 2 is 1.83 bits per heavy atom. The van der Waals surface area contributed by atoms with E-state index in [1.54, 1.807) is 14.2 Å². The van der Waals surface area contributed by atoms with Crippen molar-refractivity contribution in [3.05, 3.63) is 48.0 Å². The van der Waals surface area contributed by atoms with E-state index in [-0.39, 0.29) is 0 Å². The van der Waals surface area contributed by atoms with Gasteiger partial charge in [-0.25, -0.2) is 4.98 Å². The Morgan fingerprint density at radius 1 is 1.00 bits per heavy atom. The molecule has 1 aliphatic rings. The third kappa shape index (κ3) is 4.31. The molecule has 1 fully saturated rings. The highest BCUT2D eigenvalue weighted by atomic mass is 16.5. The Balaban J connectivity index is 1.55. The fraction of sp³-hybridized carbons (Fsp3) is 0.409. The first-order chi connectivity index (χ1) is 14.3. The maximum Gasteiger partial charge on any atom is 0.204 e. The van der Waals surface area contributed by atoms with E-state index in [0.29, 0.717) is 6.54 Å². The molecule has 1 saturated heterocycles. The number of nitrogens with zero attached hydrogens (tertiary/aromatic N) is 3. The van der Waals surface area contributed by atoms with Crippen LogP contribution >= 0.6 is 0 Å². The number of benzene rings is 2. The second kappa shape index (κ2) is 9.15. The van der Waals surface area contributed by atoms with E-state index < -0.39 is 0 Å². The third-order valence-electron chi connectivity index (χ3n) is 5.32. The second-order valence-electron chi connectivity index (χ2n) is 7.04. The molecule has 0 radical (unpaired) electrons. The minimum Gasteiger partial charge on any atom is -0.493 e. The molecule has 7 nitrogen and oxygen atoms in total. The van der Waals surface area contributed by atoms with Crippen molar-refractivity contribution in [3.8, 4) is 11.5 Å². The maximum absolute atomic E-state index is 5.56. The van der Waals surface area contributed by atoms with Gasteiger partial charge in [0, 0.05) is 38.3 Å². The van der Waals surface area contributed by atoms with Crippen LogP contribution in [0.15, 0.2) is 42.5 Å². The van der Waals surface area contributed by atoms with Crippen LogP contribution in [0.4, 0.5) is 5.95 Å². The molecule has 3 aromatic rings. The fourth-order valence-corrected chi connectivity index (χ4v) is 3.77. The van der Waals surface area contributed by atoms with Gasteiger partial charge in [0.05, 0.1) is 38.5 Å². The van der Waals surface area contributed by atoms with Gasteiger partial charge in [-0.1, -0.05) is 24.3 Å². The summed E-state index contributed by atoms with van der Waals surface area (Å²) in [7, 11) is 3.32. The van der Waals surface area contributed by atoms with Crippen LogP contribution in [0.3, 0.4) is 0 Å². The van der Waals surface area contributed by atoms with Gasteiger partial charge in [0.15, 0.2) is 11.5 Å². The van der Waals surface area contributed by atoms with Crippen LogP contribution in [-0.2, 0) is 17.8 Å². The number of ether oxygens (including phenoxy) is 3. The Morgan fingerprint density at radius 3 is 2.62 bits per heavy atom. The predicted molar refractivity (Wildman–Crippen MR) is 114 cm³/mol. The molecule has 1 aliphatic heterocycles. The summed E-state index contributed by atoms with van der Waals surface area (Å²) < 4.78 is 18.7. The molecule has 0 bridgehead atoms. The molecule has 1 aromatic heterocycles. The molecular formula is C22H28N4O3. The number of morpholine rings is 1. The molecule has 2 heterocycles. The van der Waals surface area contributed by atoms with E-state index in [1.807, 2.05) is 24.3 Å². The summed E-state index contributed by atoms with van der Waals surface area (Å²) in [4.78, 5) is 7.26. The number of rotatable bonds is 8. The van der Waals surface area contributed by atoms with Crippen LogP contribution in [0.25, 0.3) is 11.0 Å². The normalized spacial score (nSPS) is 14.8. The summed E-state index contributed by atoms with van der Waals surface area (Å²) in [5.41, 5.74) is 3.16. The quantitative estimate of drug-likeness (QED) is 0.632. The van der Waals surface area contributed by atoms with Gasteiger partial charge >= 0.3 is 0 Å². The lowest BCUT2D eigenvalue weighted by atomic mass is 10.2. The van der Waals surface area contributed by atoms with E-state index in [2.05, 4.69) is 33.0 Å². The zero-order valence-electron chi connectivity index (χ0n) is 17.1. The third-order valence-corrected chi connectivity index (χ3v) is 5.32. The molecule has 7 heteroatoms. The van der Waals surface area contributed by atoms with Crippen molar-refractivity contribution in [1.29, 1.82) is 0 Å². The van der Waals surface area contributed by atoms with Crippen LogP contribution in [0.2, 0.25) is 0 Å². The lowest BCUT2D eigenvalue weighted by Crippen LogP contribution is -2.38. The van der Waals surface area contributed by atoms with Crippen LogP contribution in [-0.4, -0.2) is 61.5 Å². The van der Waals surface area contributed by atoms with Crippen molar-refractivity contribution in [2.24, 2.45) is 0 Å². The Kier molecular flexibility index (Phi) is 6.17. The molecule has 0 atom stereocenters. The zero-order valence-corrected chi connectivity index (χ0v) is 17.1. The molecule has 29 heavy (non-hydrogen) atoms. The first kappa shape index (κ1) is 19.5. The monoisotopic (exact) mass is 396 g/mol. The highest BCUT2D eigenvalue weighted by molar-refractivity contribution is 5.78. The molecule has 0 saturated carbocycles. The lowest BCUT2D eigenvalue weighted by molar-refractivity contribution is 0.0366. The van der Waals surface area contributed by atoms with Gasteiger partial charge in [0.2, 0.25) is 5.95 Å². The number of hydrogen-bond acceptors (Lipinski definition) is 6. The molecule has 2 aromatic carbocycles. The summed E-state index contributed by atoms with van der Waals surface area (Å²) >= 11 is 0. The topological polar surface area (TPSA) is 60.8 Å². The highest BCUT2D eigenvalue weighted by Crippen LogP contribution is 2.31. The van der Waals surface area contributed by atoms with E-state index in [4.69, 9.17) is 19.2 Å². The van der Waals surface area contributed by atoms with E-state index >= 15 is 0 Å². The molecule has 0 amide bonds. The van der Waals surface area contributed by atoms with Crippen molar-refractivity contribution >= 4 is 17.0 Å². The van der Waals surface area contributed by atoms with Gasteiger partial charge in [0.1, 0.15) is 0 Å². The Labute approximate surface area is 171 Å². The number of anilines is 1. The minimum absolute atomic E-state index is 0.598. The van der Waals surface area contributed by atoms with E-state index in [0.717, 1.165) is 73.4 Å². The van der Waals surface area contributed by atoms with E-state index in [1.165, 1.54) is 0 Å². The van der Waals surface area contributed by atoms with E-state index in [9.17, 15) is 0 Å².